The van der Waals surface area contributed by atoms with Crippen molar-refractivity contribution in [1.29, 1.82) is 0 Å². The van der Waals surface area contributed by atoms with Crippen LogP contribution in [0.4, 0.5) is 5.69 Å². The summed E-state index contributed by atoms with van der Waals surface area (Å²) in [6, 6.07) is 4.53. The number of amides is 2. The maximum Gasteiger partial charge on any atom is 0.266 e. The van der Waals surface area contributed by atoms with E-state index in [9.17, 15) is 18.0 Å². The fourth-order valence-electron chi connectivity index (χ4n) is 4.20. The molecule has 1 saturated heterocycles. The number of carbonyl (C=O) groups is 2. The van der Waals surface area contributed by atoms with Gasteiger partial charge in [-0.25, -0.2) is 12.7 Å². The SMILES string of the molecule is CC1(C)CC(=O)Nc2ccc(S(=O)(=O)N(C(=O)C3CCCNC3)C3CC3)cc21. The van der Waals surface area contributed by atoms with Crippen LogP contribution in [0.15, 0.2) is 23.1 Å². The molecule has 2 fully saturated rings. The van der Waals surface area contributed by atoms with Crippen molar-refractivity contribution in [2.75, 3.05) is 18.4 Å². The average Bonchev–Trinajstić information content (AvgIpc) is 3.46. The number of carbonyl (C=O) groups excluding carboxylic acids is 2. The van der Waals surface area contributed by atoms with Crippen LogP contribution < -0.4 is 10.6 Å². The number of hydrogen-bond acceptors (Lipinski definition) is 5. The Morgan fingerprint density at radius 1 is 1.21 bits per heavy atom. The van der Waals surface area contributed by atoms with E-state index >= 15 is 0 Å². The summed E-state index contributed by atoms with van der Waals surface area (Å²) in [4.78, 5) is 25.1. The summed E-state index contributed by atoms with van der Waals surface area (Å²) in [5.74, 6) is -0.662. The molecular weight excluding hydrogens is 378 g/mol. The first kappa shape index (κ1) is 19.4. The van der Waals surface area contributed by atoms with E-state index < -0.39 is 15.4 Å². The molecule has 1 aliphatic carbocycles. The summed E-state index contributed by atoms with van der Waals surface area (Å²) >= 11 is 0. The maximum atomic E-state index is 13.5. The van der Waals surface area contributed by atoms with Crippen LogP contribution in [0.3, 0.4) is 0 Å². The molecule has 8 heteroatoms. The van der Waals surface area contributed by atoms with Crippen LogP contribution in [0.2, 0.25) is 0 Å². The Morgan fingerprint density at radius 3 is 2.61 bits per heavy atom. The molecule has 0 spiro atoms. The predicted octanol–water partition coefficient (Wildman–Crippen LogP) is 1.99. The van der Waals surface area contributed by atoms with Gasteiger partial charge < -0.3 is 10.6 Å². The average molecular weight is 406 g/mol. The van der Waals surface area contributed by atoms with Crippen molar-refractivity contribution in [3.63, 3.8) is 0 Å². The highest BCUT2D eigenvalue weighted by Gasteiger charge is 2.44. The summed E-state index contributed by atoms with van der Waals surface area (Å²) in [7, 11) is -3.94. The zero-order valence-electron chi connectivity index (χ0n) is 16.3. The molecule has 3 aliphatic rings. The monoisotopic (exact) mass is 405 g/mol. The van der Waals surface area contributed by atoms with Gasteiger partial charge in [-0.2, -0.15) is 0 Å². The second-order valence-electron chi connectivity index (χ2n) is 8.73. The number of benzene rings is 1. The smallest absolute Gasteiger partial charge is 0.266 e. The largest absolute Gasteiger partial charge is 0.326 e. The summed E-state index contributed by atoms with van der Waals surface area (Å²) in [5, 5.41) is 6.00. The van der Waals surface area contributed by atoms with Gasteiger partial charge in [0.25, 0.3) is 10.0 Å². The number of sulfonamides is 1. The van der Waals surface area contributed by atoms with Crippen LogP contribution >= 0.6 is 0 Å². The molecule has 1 saturated carbocycles. The molecule has 1 unspecified atom stereocenters. The van der Waals surface area contributed by atoms with Gasteiger partial charge in [0.1, 0.15) is 0 Å². The molecule has 1 aromatic rings. The van der Waals surface area contributed by atoms with Crippen molar-refractivity contribution >= 4 is 27.5 Å². The molecule has 2 aliphatic heterocycles. The summed E-state index contributed by atoms with van der Waals surface area (Å²) < 4.78 is 28.1. The number of fused-ring (bicyclic) bond motifs is 1. The lowest BCUT2D eigenvalue weighted by Crippen LogP contribution is -2.46. The number of piperidine rings is 1. The molecule has 4 rings (SSSR count). The van der Waals surface area contributed by atoms with Crippen LogP contribution in [0.25, 0.3) is 0 Å². The van der Waals surface area contributed by atoms with Gasteiger partial charge in [-0.05, 0) is 56.0 Å². The molecule has 0 aromatic heterocycles. The third-order valence-electron chi connectivity index (χ3n) is 5.90. The van der Waals surface area contributed by atoms with E-state index in [0.717, 1.165) is 35.7 Å². The fraction of sp³-hybridized carbons (Fsp3) is 0.600. The second-order valence-corrected chi connectivity index (χ2v) is 10.5. The Kier molecular flexibility index (Phi) is 4.74. The van der Waals surface area contributed by atoms with Crippen LogP contribution in [-0.2, 0) is 25.0 Å². The third kappa shape index (κ3) is 3.43. The molecule has 2 N–H and O–H groups in total. The molecule has 1 atom stereocenters. The molecule has 2 amide bonds. The van der Waals surface area contributed by atoms with E-state index in [1.165, 1.54) is 6.07 Å². The van der Waals surface area contributed by atoms with Gasteiger partial charge in [0.2, 0.25) is 11.8 Å². The topological polar surface area (TPSA) is 95.6 Å². The Hall–Kier alpha value is -1.93. The van der Waals surface area contributed by atoms with Crippen LogP contribution in [0, 0.1) is 5.92 Å². The second kappa shape index (κ2) is 6.84. The van der Waals surface area contributed by atoms with E-state index in [0.29, 0.717) is 25.1 Å². The van der Waals surface area contributed by atoms with Crippen molar-refractivity contribution in [2.45, 2.75) is 62.3 Å². The van der Waals surface area contributed by atoms with E-state index in [1.54, 1.807) is 12.1 Å². The Balaban J connectivity index is 1.70. The molecule has 28 heavy (non-hydrogen) atoms. The zero-order valence-corrected chi connectivity index (χ0v) is 17.1. The number of anilines is 1. The van der Waals surface area contributed by atoms with E-state index in [2.05, 4.69) is 10.6 Å². The fourth-order valence-corrected chi connectivity index (χ4v) is 5.93. The third-order valence-corrected chi connectivity index (χ3v) is 7.74. The number of nitrogens with zero attached hydrogens (tertiary/aromatic N) is 1. The normalized spacial score (nSPS) is 24.2. The first-order valence-electron chi connectivity index (χ1n) is 9.93. The lowest BCUT2D eigenvalue weighted by atomic mass is 9.78. The maximum absolute atomic E-state index is 13.5. The number of hydrogen-bond donors (Lipinski definition) is 2. The first-order chi connectivity index (χ1) is 13.2. The van der Waals surface area contributed by atoms with Gasteiger partial charge in [-0.15, -0.1) is 0 Å². The van der Waals surface area contributed by atoms with Crippen molar-refractivity contribution < 1.29 is 18.0 Å². The highest BCUT2D eigenvalue weighted by molar-refractivity contribution is 7.89. The summed E-state index contributed by atoms with van der Waals surface area (Å²) in [6.45, 7) is 5.25. The van der Waals surface area contributed by atoms with Gasteiger partial charge in [0.15, 0.2) is 0 Å². The lowest BCUT2D eigenvalue weighted by Gasteiger charge is -2.33. The van der Waals surface area contributed by atoms with Gasteiger partial charge in [-0.1, -0.05) is 13.8 Å². The molecule has 1 aromatic carbocycles. The molecule has 2 heterocycles. The van der Waals surface area contributed by atoms with Gasteiger partial charge in [-0.3, -0.25) is 9.59 Å². The standard InChI is InChI=1S/C20H27N3O4S/c1-20(2)11-18(24)22-17-8-7-15(10-16(17)20)28(26,27)23(14-5-6-14)19(25)13-4-3-9-21-12-13/h7-8,10,13-14,21H,3-6,9,11-12H2,1-2H3,(H,22,24). The minimum atomic E-state index is -3.94. The van der Waals surface area contributed by atoms with Crippen LogP contribution in [0.1, 0.15) is 51.5 Å². The van der Waals surface area contributed by atoms with Crippen LogP contribution in [-0.4, -0.2) is 43.7 Å². The van der Waals surface area contributed by atoms with Gasteiger partial charge >= 0.3 is 0 Å². The van der Waals surface area contributed by atoms with Gasteiger partial charge in [0, 0.05) is 30.1 Å². The first-order valence-corrected chi connectivity index (χ1v) is 11.4. The quantitative estimate of drug-likeness (QED) is 0.799. The molecule has 0 radical (unpaired) electrons. The molecule has 152 valence electrons. The minimum Gasteiger partial charge on any atom is -0.326 e. The summed E-state index contributed by atoms with van der Waals surface area (Å²) in [5.41, 5.74) is 0.960. The van der Waals surface area contributed by atoms with Crippen LogP contribution in [0.5, 0.6) is 0 Å². The lowest BCUT2D eigenvalue weighted by molar-refractivity contribution is -0.131. The Morgan fingerprint density at radius 2 is 1.96 bits per heavy atom. The number of nitrogens with one attached hydrogen (secondary N) is 2. The van der Waals surface area contributed by atoms with Crippen molar-refractivity contribution in [2.24, 2.45) is 5.92 Å². The number of rotatable bonds is 4. The van der Waals surface area contributed by atoms with Crippen molar-refractivity contribution in [1.82, 2.24) is 9.62 Å². The van der Waals surface area contributed by atoms with E-state index in [4.69, 9.17) is 0 Å². The molecule has 7 nitrogen and oxygen atoms in total. The highest BCUT2D eigenvalue weighted by Crippen LogP contribution is 2.40. The van der Waals surface area contributed by atoms with Crippen molar-refractivity contribution in [3.05, 3.63) is 23.8 Å². The van der Waals surface area contributed by atoms with Gasteiger partial charge in [0.05, 0.1) is 10.8 Å². The van der Waals surface area contributed by atoms with Crippen molar-refractivity contribution in [3.8, 4) is 0 Å². The predicted molar refractivity (Wildman–Crippen MR) is 105 cm³/mol. The molecular formula is C20H27N3O4S. The molecule has 0 bridgehead atoms. The Bertz CT molecular complexity index is 915. The highest BCUT2D eigenvalue weighted by atomic mass is 32.2. The van der Waals surface area contributed by atoms with E-state index in [1.807, 2.05) is 13.8 Å². The summed E-state index contributed by atoms with van der Waals surface area (Å²) in [6.07, 6.45) is 3.33. The Labute approximate surface area is 165 Å². The minimum absolute atomic E-state index is 0.0762. The van der Waals surface area contributed by atoms with E-state index in [-0.39, 0.29) is 28.7 Å². The zero-order chi connectivity index (χ0) is 20.1.